The van der Waals surface area contributed by atoms with Gasteiger partial charge in [-0.3, -0.25) is 4.79 Å². The normalized spacial score (nSPS) is 10.4. The molecule has 5 nitrogen and oxygen atoms in total. The monoisotopic (exact) mass is 309 g/mol. The van der Waals surface area contributed by atoms with E-state index in [1.165, 1.54) is 4.90 Å². The molecule has 0 fully saturated rings. The predicted molar refractivity (Wildman–Crippen MR) is 85.3 cm³/mol. The molecule has 0 bridgehead atoms. The molecular weight excluding hydrogens is 298 g/mol. The van der Waals surface area contributed by atoms with Crippen LogP contribution in [-0.4, -0.2) is 17.9 Å². The summed E-state index contributed by atoms with van der Waals surface area (Å²) in [5.74, 6) is -0.195. The Kier molecular flexibility index (Phi) is 3.49. The summed E-state index contributed by atoms with van der Waals surface area (Å²) in [6.45, 7) is 0. The Hall–Kier alpha value is -2.91. The van der Waals surface area contributed by atoms with Crippen LogP contribution in [0.4, 0.5) is 5.69 Å². The van der Waals surface area contributed by atoms with Crippen LogP contribution in [0.15, 0.2) is 46.9 Å². The van der Waals surface area contributed by atoms with Crippen molar-refractivity contribution in [3.63, 3.8) is 0 Å². The highest BCUT2D eigenvalue weighted by molar-refractivity contribution is 7.71. The molecule has 1 aromatic heterocycles. The van der Waals surface area contributed by atoms with Crippen molar-refractivity contribution in [1.82, 2.24) is 4.98 Å². The zero-order valence-corrected chi connectivity index (χ0v) is 12.5. The molecule has 1 amide bonds. The zero-order valence-electron chi connectivity index (χ0n) is 11.7. The summed E-state index contributed by atoms with van der Waals surface area (Å²) in [6, 6.07) is 14.0. The van der Waals surface area contributed by atoms with Gasteiger partial charge in [0.15, 0.2) is 5.58 Å². The van der Waals surface area contributed by atoms with Crippen LogP contribution in [0.5, 0.6) is 0 Å². The fraction of sp³-hybridized carbons (Fsp3) is 0.0625. The zero-order chi connectivity index (χ0) is 15.7. The largest absolute Gasteiger partial charge is 0.429 e. The molecule has 1 heterocycles. The average molecular weight is 309 g/mol. The molecule has 0 saturated carbocycles. The number of aromatic nitrogens is 1. The van der Waals surface area contributed by atoms with Crippen molar-refractivity contribution in [3.05, 3.63) is 58.4 Å². The number of fused-ring (bicyclic) bond motifs is 1. The third-order valence-corrected chi connectivity index (χ3v) is 3.52. The third kappa shape index (κ3) is 2.50. The van der Waals surface area contributed by atoms with Gasteiger partial charge >= 0.3 is 0 Å². The minimum absolute atomic E-state index is 0.195. The van der Waals surface area contributed by atoms with Crippen LogP contribution in [0.1, 0.15) is 15.9 Å². The predicted octanol–water partition coefficient (Wildman–Crippen LogP) is 3.64. The van der Waals surface area contributed by atoms with Crippen LogP contribution in [0.25, 0.3) is 11.1 Å². The van der Waals surface area contributed by atoms with Gasteiger partial charge in [-0.15, -0.1) is 0 Å². The number of oxazole rings is 1. The molecule has 0 atom stereocenters. The third-order valence-electron chi connectivity index (χ3n) is 3.34. The van der Waals surface area contributed by atoms with Crippen molar-refractivity contribution < 1.29 is 9.21 Å². The van der Waals surface area contributed by atoms with E-state index in [0.717, 1.165) is 5.52 Å². The van der Waals surface area contributed by atoms with Gasteiger partial charge < -0.3 is 14.3 Å². The molecule has 0 aliphatic rings. The highest BCUT2D eigenvalue weighted by atomic mass is 32.1. The van der Waals surface area contributed by atoms with Crippen molar-refractivity contribution in [1.29, 1.82) is 5.26 Å². The second-order valence-electron chi connectivity index (χ2n) is 4.75. The number of amides is 1. The van der Waals surface area contributed by atoms with Crippen molar-refractivity contribution >= 4 is 34.9 Å². The molecule has 0 spiro atoms. The number of hydrogen-bond donors (Lipinski definition) is 1. The summed E-state index contributed by atoms with van der Waals surface area (Å²) in [5, 5.41) is 8.94. The van der Waals surface area contributed by atoms with Crippen molar-refractivity contribution in [2.24, 2.45) is 0 Å². The van der Waals surface area contributed by atoms with Crippen LogP contribution >= 0.6 is 12.2 Å². The molecular formula is C16H11N3O2S. The molecule has 3 rings (SSSR count). The van der Waals surface area contributed by atoms with Gasteiger partial charge in [0.05, 0.1) is 17.1 Å². The second-order valence-corrected chi connectivity index (χ2v) is 5.12. The summed E-state index contributed by atoms with van der Waals surface area (Å²) >= 11 is 4.93. The molecule has 6 heteroatoms. The number of H-pyrrole nitrogens is 1. The van der Waals surface area contributed by atoms with E-state index in [4.69, 9.17) is 21.9 Å². The summed E-state index contributed by atoms with van der Waals surface area (Å²) in [7, 11) is 1.66. The van der Waals surface area contributed by atoms with Crippen LogP contribution in [-0.2, 0) is 0 Å². The van der Waals surface area contributed by atoms with Gasteiger partial charge in [0.2, 0.25) is 0 Å². The Morgan fingerprint density at radius 3 is 2.91 bits per heavy atom. The number of nitriles is 1. The topological polar surface area (TPSA) is 73.0 Å². The number of anilines is 1. The number of rotatable bonds is 2. The van der Waals surface area contributed by atoms with E-state index in [1.54, 1.807) is 49.5 Å². The number of benzene rings is 2. The van der Waals surface area contributed by atoms with E-state index >= 15 is 0 Å². The molecule has 0 unspecified atom stereocenters. The summed E-state index contributed by atoms with van der Waals surface area (Å²) in [6.07, 6.45) is 0. The van der Waals surface area contributed by atoms with Gasteiger partial charge in [-0.05, 0) is 48.6 Å². The van der Waals surface area contributed by atoms with E-state index in [0.29, 0.717) is 22.4 Å². The van der Waals surface area contributed by atoms with E-state index in [2.05, 4.69) is 11.1 Å². The first-order valence-corrected chi connectivity index (χ1v) is 6.90. The maximum Gasteiger partial charge on any atom is 0.266 e. The molecule has 108 valence electrons. The van der Waals surface area contributed by atoms with Gasteiger partial charge in [0.25, 0.3) is 10.7 Å². The van der Waals surface area contributed by atoms with Crippen molar-refractivity contribution in [2.75, 3.05) is 11.9 Å². The number of nitrogens with one attached hydrogen (secondary N) is 1. The SMILES string of the molecule is CN(C(=O)c1ccc2[nH]c(=S)oc2c1)c1cccc(C#N)c1. The lowest BCUT2D eigenvalue weighted by molar-refractivity contribution is 0.0993. The Bertz CT molecular complexity index is 965. The fourth-order valence-electron chi connectivity index (χ4n) is 2.17. The minimum Gasteiger partial charge on any atom is -0.429 e. The number of nitrogens with zero attached hydrogens (tertiary/aromatic N) is 2. The summed E-state index contributed by atoms with van der Waals surface area (Å²) < 4.78 is 5.33. The molecule has 3 aromatic rings. The molecule has 22 heavy (non-hydrogen) atoms. The highest BCUT2D eigenvalue weighted by Gasteiger charge is 2.15. The summed E-state index contributed by atoms with van der Waals surface area (Å²) in [5.41, 5.74) is 2.92. The molecule has 0 radical (unpaired) electrons. The van der Waals surface area contributed by atoms with Crippen molar-refractivity contribution in [3.8, 4) is 6.07 Å². The van der Waals surface area contributed by atoms with Gasteiger partial charge in [0, 0.05) is 18.3 Å². The number of hydrogen-bond acceptors (Lipinski definition) is 4. The van der Waals surface area contributed by atoms with Gasteiger partial charge in [-0.25, -0.2) is 0 Å². The number of aromatic amines is 1. The van der Waals surface area contributed by atoms with Gasteiger partial charge in [0.1, 0.15) is 0 Å². The Labute approximate surface area is 131 Å². The average Bonchev–Trinajstić information content (AvgIpc) is 2.92. The molecule has 2 aromatic carbocycles. The molecule has 0 aliphatic heterocycles. The van der Waals surface area contributed by atoms with E-state index in [9.17, 15) is 4.79 Å². The fourth-order valence-corrected chi connectivity index (χ4v) is 2.37. The molecule has 0 aliphatic carbocycles. The van der Waals surface area contributed by atoms with Crippen LogP contribution in [0.3, 0.4) is 0 Å². The Morgan fingerprint density at radius 1 is 1.32 bits per heavy atom. The smallest absolute Gasteiger partial charge is 0.266 e. The summed E-state index contributed by atoms with van der Waals surface area (Å²) in [4.78, 5) is 17.2. The molecule has 0 saturated heterocycles. The number of carbonyl (C=O) groups excluding carboxylic acids is 1. The maximum absolute atomic E-state index is 12.6. The lowest BCUT2D eigenvalue weighted by Crippen LogP contribution is -2.26. The quantitative estimate of drug-likeness (QED) is 0.733. The van der Waals surface area contributed by atoms with Crippen molar-refractivity contribution in [2.45, 2.75) is 0 Å². The first kappa shape index (κ1) is 14.0. The Balaban J connectivity index is 1.97. The van der Waals surface area contributed by atoms with E-state index in [-0.39, 0.29) is 10.7 Å². The van der Waals surface area contributed by atoms with Crippen LogP contribution in [0.2, 0.25) is 0 Å². The minimum atomic E-state index is -0.195. The second kappa shape index (κ2) is 5.47. The highest BCUT2D eigenvalue weighted by Crippen LogP contribution is 2.20. The maximum atomic E-state index is 12.6. The van der Waals surface area contributed by atoms with Crippen LogP contribution in [0, 0.1) is 16.2 Å². The van der Waals surface area contributed by atoms with Gasteiger partial charge in [-0.1, -0.05) is 6.07 Å². The van der Waals surface area contributed by atoms with E-state index in [1.807, 2.05) is 0 Å². The number of carbonyl (C=O) groups is 1. The lowest BCUT2D eigenvalue weighted by atomic mass is 10.1. The van der Waals surface area contributed by atoms with Gasteiger partial charge in [-0.2, -0.15) is 5.26 Å². The molecule has 1 N–H and O–H groups in total. The first-order chi connectivity index (χ1) is 10.6. The van der Waals surface area contributed by atoms with E-state index < -0.39 is 0 Å². The lowest BCUT2D eigenvalue weighted by Gasteiger charge is -2.17. The Morgan fingerprint density at radius 2 is 2.14 bits per heavy atom. The van der Waals surface area contributed by atoms with Crippen LogP contribution < -0.4 is 4.90 Å². The standard InChI is InChI=1S/C16H11N3O2S/c1-19(12-4-2-3-10(7-12)9-17)15(20)11-5-6-13-14(8-11)21-16(22)18-13/h2-8H,1H3,(H,18,22). The first-order valence-electron chi connectivity index (χ1n) is 6.49.